The van der Waals surface area contributed by atoms with Gasteiger partial charge in [0.2, 0.25) is 0 Å². The minimum absolute atomic E-state index is 0.168. The Morgan fingerprint density at radius 3 is 2.77 bits per heavy atom. The molecule has 2 aliphatic rings. The fraction of sp³-hybridized carbons (Fsp3) is 0.375. The van der Waals surface area contributed by atoms with Crippen molar-refractivity contribution in [3.8, 4) is 5.69 Å². The lowest BCUT2D eigenvalue weighted by molar-refractivity contribution is 0.00540. The molecule has 114 valence electrons. The molecule has 0 atom stereocenters. The van der Waals surface area contributed by atoms with Gasteiger partial charge in [-0.05, 0) is 31.4 Å². The fourth-order valence-corrected chi connectivity index (χ4v) is 3.20. The number of aromatic nitrogens is 2. The number of aliphatic hydroxyl groups excluding tert-OH is 1. The summed E-state index contributed by atoms with van der Waals surface area (Å²) in [4.78, 5) is 14.1. The van der Waals surface area contributed by atoms with Gasteiger partial charge in [0, 0.05) is 24.3 Å². The topological polar surface area (TPSA) is 58.4 Å². The lowest BCUT2D eigenvalue weighted by atomic mass is 10.1. The molecule has 4 rings (SSSR count). The van der Waals surface area contributed by atoms with Crippen LogP contribution in [0.1, 0.15) is 28.2 Å². The Morgan fingerprint density at radius 1 is 1.27 bits per heavy atom. The molecule has 6 heteroatoms. The van der Waals surface area contributed by atoms with Gasteiger partial charge < -0.3 is 10.0 Å². The van der Waals surface area contributed by atoms with E-state index in [0.717, 1.165) is 30.5 Å². The van der Waals surface area contributed by atoms with E-state index >= 15 is 0 Å². The lowest BCUT2D eigenvalue weighted by Gasteiger charge is -2.35. The van der Waals surface area contributed by atoms with Crippen LogP contribution in [0.2, 0.25) is 0 Å². The zero-order chi connectivity index (χ0) is 15.3. The molecule has 1 aromatic heterocycles. The third-order valence-electron chi connectivity index (χ3n) is 4.36. The Bertz CT molecular complexity index is 750. The molecule has 0 spiro atoms. The summed E-state index contributed by atoms with van der Waals surface area (Å²) in [5.41, 5.74) is 2.63. The maximum atomic E-state index is 14.1. The first-order chi connectivity index (χ1) is 10.6. The highest BCUT2D eigenvalue weighted by molar-refractivity contribution is 5.95. The summed E-state index contributed by atoms with van der Waals surface area (Å²) >= 11 is 0. The highest BCUT2D eigenvalue weighted by Crippen LogP contribution is 2.30. The van der Waals surface area contributed by atoms with E-state index in [1.54, 1.807) is 27.8 Å². The molecule has 0 unspecified atom stereocenters. The second kappa shape index (κ2) is 4.91. The molecule has 1 saturated heterocycles. The molecule has 0 bridgehead atoms. The smallest absolute Gasteiger partial charge is 0.274 e. The Hall–Kier alpha value is -2.21. The summed E-state index contributed by atoms with van der Waals surface area (Å²) in [7, 11) is 0. The van der Waals surface area contributed by atoms with Crippen LogP contribution < -0.4 is 0 Å². The zero-order valence-corrected chi connectivity index (χ0v) is 12.0. The molecule has 1 aromatic carbocycles. The molecule has 0 saturated carbocycles. The Balaban J connectivity index is 1.77. The molecule has 1 aliphatic carbocycles. The van der Waals surface area contributed by atoms with Crippen LogP contribution in [0.25, 0.3) is 5.69 Å². The van der Waals surface area contributed by atoms with Crippen LogP contribution in [-0.4, -0.2) is 44.9 Å². The maximum Gasteiger partial charge on any atom is 0.274 e. The van der Waals surface area contributed by atoms with Crippen LogP contribution in [-0.2, 0) is 12.8 Å². The average Bonchev–Trinajstić information content (AvgIpc) is 3.06. The highest BCUT2D eigenvalue weighted by atomic mass is 19.1. The zero-order valence-electron chi connectivity index (χ0n) is 12.0. The molecule has 22 heavy (non-hydrogen) atoms. The molecular formula is C16H16FN3O2. The van der Waals surface area contributed by atoms with Crippen molar-refractivity contribution in [3.63, 3.8) is 0 Å². The van der Waals surface area contributed by atoms with E-state index in [-0.39, 0.29) is 11.7 Å². The molecule has 1 N–H and O–H groups in total. The summed E-state index contributed by atoms with van der Waals surface area (Å²) in [5, 5.41) is 13.8. The van der Waals surface area contributed by atoms with Gasteiger partial charge >= 0.3 is 0 Å². The largest absolute Gasteiger partial charge is 0.389 e. The van der Waals surface area contributed by atoms with Gasteiger partial charge in [0.05, 0.1) is 6.10 Å². The first-order valence-corrected chi connectivity index (χ1v) is 7.48. The molecule has 1 amide bonds. The minimum Gasteiger partial charge on any atom is -0.389 e. The van der Waals surface area contributed by atoms with Crippen LogP contribution >= 0.6 is 0 Å². The summed E-state index contributed by atoms with van der Waals surface area (Å²) in [6.45, 7) is 0.695. The van der Waals surface area contributed by atoms with Gasteiger partial charge in [-0.25, -0.2) is 9.07 Å². The van der Waals surface area contributed by atoms with Crippen LogP contribution in [0.4, 0.5) is 4.39 Å². The third-order valence-corrected chi connectivity index (χ3v) is 4.36. The molecule has 2 aromatic rings. The van der Waals surface area contributed by atoms with E-state index in [0.29, 0.717) is 24.5 Å². The predicted molar refractivity (Wildman–Crippen MR) is 77.5 cm³/mol. The number of nitrogens with zero attached hydrogens (tertiary/aromatic N) is 3. The quantitative estimate of drug-likeness (QED) is 0.910. The van der Waals surface area contributed by atoms with Crippen molar-refractivity contribution in [3.05, 3.63) is 47.0 Å². The number of rotatable bonds is 2. The Labute approximate surface area is 127 Å². The van der Waals surface area contributed by atoms with Crippen molar-refractivity contribution in [2.24, 2.45) is 0 Å². The number of β-amino-alcohol motifs (C(OH)–C–C–N with tert-alkyl or cyclic N) is 1. The van der Waals surface area contributed by atoms with E-state index in [9.17, 15) is 14.3 Å². The molecule has 2 heterocycles. The highest BCUT2D eigenvalue weighted by Gasteiger charge is 2.35. The van der Waals surface area contributed by atoms with Crippen molar-refractivity contribution >= 4 is 5.91 Å². The van der Waals surface area contributed by atoms with Gasteiger partial charge in [0.25, 0.3) is 5.91 Å². The van der Waals surface area contributed by atoms with E-state index in [2.05, 4.69) is 5.10 Å². The number of fused-ring (bicyclic) bond motifs is 1. The third kappa shape index (κ3) is 1.94. The SMILES string of the molecule is O=C(c1nn(-c2ccccc2F)c2c1CCC2)N1CC(O)C1. The number of carbonyl (C=O) groups is 1. The summed E-state index contributed by atoms with van der Waals surface area (Å²) in [5.74, 6) is -0.517. The van der Waals surface area contributed by atoms with Crippen molar-refractivity contribution in [2.75, 3.05) is 13.1 Å². The molecule has 5 nitrogen and oxygen atoms in total. The van der Waals surface area contributed by atoms with E-state index in [1.807, 2.05) is 0 Å². The average molecular weight is 301 g/mol. The van der Waals surface area contributed by atoms with Crippen molar-refractivity contribution in [2.45, 2.75) is 25.4 Å². The Morgan fingerprint density at radius 2 is 2.05 bits per heavy atom. The number of para-hydroxylation sites is 1. The van der Waals surface area contributed by atoms with Crippen molar-refractivity contribution in [1.29, 1.82) is 0 Å². The number of hydrogen-bond donors (Lipinski definition) is 1. The molecule has 1 aliphatic heterocycles. The second-order valence-electron chi connectivity index (χ2n) is 5.85. The summed E-state index contributed by atoms with van der Waals surface area (Å²) < 4.78 is 15.6. The molecular weight excluding hydrogens is 285 g/mol. The number of halogens is 1. The standard InChI is InChI=1S/C16H16FN3O2/c17-12-5-1-2-6-14(12)20-13-7-3-4-11(13)15(18-20)16(22)19-8-10(21)9-19/h1-2,5-6,10,21H,3-4,7-9H2. The molecule has 0 radical (unpaired) electrons. The minimum atomic E-state index is -0.439. The van der Waals surface area contributed by atoms with Gasteiger partial charge in [-0.2, -0.15) is 5.10 Å². The predicted octanol–water partition coefficient (Wildman–Crippen LogP) is 1.32. The van der Waals surface area contributed by atoms with Crippen molar-refractivity contribution in [1.82, 2.24) is 14.7 Å². The Kier molecular flexibility index (Phi) is 3.00. The van der Waals surface area contributed by atoms with E-state index in [4.69, 9.17) is 0 Å². The van der Waals surface area contributed by atoms with Crippen LogP contribution in [0.3, 0.4) is 0 Å². The summed E-state index contributed by atoms with van der Waals surface area (Å²) in [6.07, 6.45) is 2.10. The first kappa shape index (κ1) is 13.5. The van der Waals surface area contributed by atoms with Gasteiger partial charge in [-0.3, -0.25) is 4.79 Å². The number of amides is 1. The normalized spacial score (nSPS) is 17.5. The van der Waals surface area contributed by atoms with Gasteiger partial charge in [-0.1, -0.05) is 12.1 Å². The maximum absolute atomic E-state index is 14.1. The number of carbonyl (C=O) groups excluding carboxylic acids is 1. The monoisotopic (exact) mass is 301 g/mol. The lowest BCUT2D eigenvalue weighted by Crippen LogP contribution is -2.53. The van der Waals surface area contributed by atoms with Crippen molar-refractivity contribution < 1.29 is 14.3 Å². The van der Waals surface area contributed by atoms with Gasteiger partial charge in [-0.15, -0.1) is 0 Å². The van der Waals surface area contributed by atoms with Crippen LogP contribution in [0.15, 0.2) is 24.3 Å². The van der Waals surface area contributed by atoms with E-state index < -0.39 is 6.10 Å². The first-order valence-electron chi connectivity index (χ1n) is 7.48. The fourth-order valence-electron chi connectivity index (χ4n) is 3.20. The van der Waals surface area contributed by atoms with E-state index in [1.165, 1.54) is 6.07 Å². The summed E-state index contributed by atoms with van der Waals surface area (Å²) in [6, 6.07) is 6.46. The number of benzene rings is 1. The van der Waals surface area contributed by atoms with Gasteiger partial charge in [0.15, 0.2) is 5.69 Å². The van der Waals surface area contributed by atoms with Crippen LogP contribution in [0.5, 0.6) is 0 Å². The van der Waals surface area contributed by atoms with Crippen LogP contribution in [0, 0.1) is 5.82 Å². The molecule has 1 fully saturated rings. The number of hydrogen-bond acceptors (Lipinski definition) is 3. The van der Waals surface area contributed by atoms with Gasteiger partial charge in [0.1, 0.15) is 11.5 Å². The second-order valence-corrected chi connectivity index (χ2v) is 5.85. The number of aliphatic hydroxyl groups is 1. The number of likely N-dealkylation sites (tertiary alicyclic amines) is 1.